The lowest BCUT2D eigenvalue weighted by Crippen LogP contribution is -2.40. The molecule has 112 valence electrons. The van der Waals surface area contributed by atoms with Gasteiger partial charge in [-0.05, 0) is 60.5 Å². The molecule has 0 saturated carbocycles. The van der Waals surface area contributed by atoms with Crippen molar-refractivity contribution in [1.82, 2.24) is 10.2 Å². The molecule has 2 aliphatic rings. The largest absolute Gasteiger partial charge is 0.316 e. The number of hydrogen-bond acceptors (Lipinski definition) is 2. The summed E-state index contributed by atoms with van der Waals surface area (Å²) in [5, 5.41) is 3.51. The van der Waals surface area contributed by atoms with Gasteiger partial charge in [-0.25, -0.2) is 0 Å². The van der Waals surface area contributed by atoms with Crippen LogP contribution in [0.5, 0.6) is 0 Å². The molecule has 4 heteroatoms. The van der Waals surface area contributed by atoms with E-state index in [0.717, 1.165) is 6.54 Å². The highest BCUT2D eigenvalue weighted by molar-refractivity contribution is 9.10. The smallest absolute Gasteiger partial charge is 0.0239 e. The molecule has 0 amide bonds. The summed E-state index contributed by atoms with van der Waals surface area (Å²) in [6, 6.07) is 4.56. The second kappa shape index (κ2) is 6.35. The van der Waals surface area contributed by atoms with E-state index < -0.39 is 0 Å². The summed E-state index contributed by atoms with van der Waals surface area (Å²) in [7, 11) is 0. The van der Waals surface area contributed by atoms with Gasteiger partial charge < -0.3 is 5.32 Å². The molecule has 0 aliphatic carbocycles. The highest BCUT2D eigenvalue weighted by atomic mass is 79.9. The predicted molar refractivity (Wildman–Crippen MR) is 90.7 cm³/mol. The first kappa shape index (κ1) is 16.3. The van der Waals surface area contributed by atoms with Gasteiger partial charge in [0.1, 0.15) is 0 Å². The Morgan fingerprint density at radius 3 is 2.90 bits per heavy atom. The topological polar surface area (TPSA) is 15.3 Å². The van der Waals surface area contributed by atoms with Gasteiger partial charge in [0.2, 0.25) is 0 Å². The van der Waals surface area contributed by atoms with Gasteiger partial charge in [0, 0.05) is 30.7 Å². The van der Waals surface area contributed by atoms with Gasteiger partial charge in [-0.15, -0.1) is 12.4 Å². The van der Waals surface area contributed by atoms with Gasteiger partial charge in [0.15, 0.2) is 0 Å². The molecule has 2 heterocycles. The van der Waals surface area contributed by atoms with Crippen molar-refractivity contribution in [3.05, 3.63) is 33.3 Å². The fourth-order valence-electron chi connectivity index (χ4n) is 3.55. The Balaban J connectivity index is 0.00000147. The monoisotopic (exact) mass is 358 g/mol. The molecule has 0 spiro atoms. The molecule has 1 aromatic rings. The molecular weight excluding hydrogens is 336 g/mol. The first-order valence-corrected chi connectivity index (χ1v) is 8.06. The Hall–Kier alpha value is -0.0900. The average molecular weight is 360 g/mol. The van der Waals surface area contributed by atoms with E-state index in [4.69, 9.17) is 0 Å². The van der Waals surface area contributed by atoms with Crippen molar-refractivity contribution in [2.45, 2.75) is 33.2 Å². The molecule has 3 rings (SSSR count). The molecule has 0 radical (unpaired) electrons. The molecule has 0 bridgehead atoms. The van der Waals surface area contributed by atoms with E-state index in [1.807, 2.05) is 0 Å². The average Bonchev–Trinajstić information content (AvgIpc) is 2.76. The van der Waals surface area contributed by atoms with Crippen LogP contribution in [0.3, 0.4) is 0 Å². The highest BCUT2D eigenvalue weighted by Gasteiger charge is 2.31. The number of hydrogen-bond donors (Lipinski definition) is 1. The zero-order valence-electron chi connectivity index (χ0n) is 12.3. The van der Waals surface area contributed by atoms with Crippen LogP contribution in [0.2, 0.25) is 0 Å². The van der Waals surface area contributed by atoms with Crippen LogP contribution in [0, 0.1) is 12.3 Å². The molecular formula is C16H24BrClN2. The van der Waals surface area contributed by atoms with E-state index in [-0.39, 0.29) is 12.4 Å². The van der Waals surface area contributed by atoms with Crippen molar-refractivity contribution in [3.63, 3.8) is 0 Å². The predicted octanol–water partition coefficient (Wildman–Crippen LogP) is 3.54. The van der Waals surface area contributed by atoms with Crippen LogP contribution >= 0.6 is 28.3 Å². The number of aryl methyl sites for hydroxylation is 1. The fourth-order valence-corrected chi connectivity index (χ4v) is 4.17. The number of benzene rings is 1. The lowest BCUT2D eigenvalue weighted by atomic mass is 9.87. The van der Waals surface area contributed by atoms with Crippen LogP contribution < -0.4 is 5.32 Å². The van der Waals surface area contributed by atoms with Crippen molar-refractivity contribution in [3.8, 4) is 0 Å². The summed E-state index contributed by atoms with van der Waals surface area (Å²) in [5.41, 5.74) is 5.01. The number of halogens is 2. The molecule has 1 unspecified atom stereocenters. The molecule has 1 saturated heterocycles. The SMILES string of the molecule is Cc1cc(Br)cc2c1CN(CC1(C)CCNC1)CC2.Cl. The Kier molecular flexibility index (Phi) is 5.17. The minimum atomic E-state index is 0. The normalized spacial score (nSPS) is 26.1. The van der Waals surface area contributed by atoms with Crippen molar-refractivity contribution < 1.29 is 0 Å². The minimum Gasteiger partial charge on any atom is -0.316 e. The van der Waals surface area contributed by atoms with Crippen molar-refractivity contribution in [1.29, 1.82) is 0 Å². The maximum Gasteiger partial charge on any atom is 0.0239 e. The van der Waals surface area contributed by atoms with E-state index >= 15 is 0 Å². The van der Waals surface area contributed by atoms with Gasteiger partial charge in [0.05, 0.1) is 0 Å². The quantitative estimate of drug-likeness (QED) is 0.869. The second-order valence-corrected chi connectivity index (χ2v) is 7.47. The molecule has 1 atom stereocenters. The molecule has 2 aliphatic heterocycles. The van der Waals surface area contributed by atoms with E-state index in [9.17, 15) is 0 Å². The summed E-state index contributed by atoms with van der Waals surface area (Å²) in [5.74, 6) is 0. The lowest BCUT2D eigenvalue weighted by Gasteiger charge is -2.36. The zero-order valence-corrected chi connectivity index (χ0v) is 14.7. The fraction of sp³-hybridized carbons (Fsp3) is 0.625. The Morgan fingerprint density at radius 1 is 1.40 bits per heavy atom. The van der Waals surface area contributed by atoms with Crippen molar-refractivity contribution in [2.75, 3.05) is 26.2 Å². The van der Waals surface area contributed by atoms with E-state index in [1.165, 1.54) is 54.6 Å². The maximum atomic E-state index is 3.61. The number of nitrogens with zero attached hydrogens (tertiary/aromatic N) is 1. The number of nitrogens with one attached hydrogen (secondary N) is 1. The van der Waals surface area contributed by atoms with Crippen LogP contribution in [0.4, 0.5) is 0 Å². The van der Waals surface area contributed by atoms with Crippen molar-refractivity contribution in [2.24, 2.45) is 5.41 Å². The number of fused-ring (bicyclic) bond motifs is 1. The number of rotatable bonds is 2. The standard InChI is InChI=1S/C16H23BrN2.ClH/c1-12-7-14(17)8-13-3-6-19(9-15(12)13)11-16(2)4-5-18-10-16;/h7-8,18H,3-6,9-11H2,1-2H3;1H. The van der Waals surface area contributed by atoms with Crippen LogP contribution in [-0.2, 0) is 13.0 Å². The molecule has 1 aromatic carbocycles. The van der Waals surface area contributed by atoms with E-state index in [0.29, 0.717) is 5.41 Å². The van der Waals surface area contributed by atoms with Gasteiger partial charge in [-0.3, -0.25) is 4.90 Å². The third-order valence-electron chi connectivity index (χ3n) is 4.67. The molecule has 0 aromatic heterocycles. The van der Waals surface area contributed by atoms with Gasteiger partial charge in [0.25, 0.3) is 0 Å². The van der Waals surface area contributed by atoms with Gasteiger partial charge in [-0.2, -0.15) is 0 Å². The van der Waals surface area contributed by atoms with Crippen LogP contribution in [0.25, 0.3) is 0 Å². The summed E-state index contributed by atoms with van der Waals surface area (Å²) in [6.45, 7) is 10.6. The minimum absolute atomic E-state index is 0. The zero-order chi connectivity index (χ0) is 13.5. The Labute approximate surface area is 136 Å². The van der Waals surface area contributed by atoms with E-state index in [2.05, 4.69) is 52.1 Å². The van der Waals surface area contributed by atoms with Gasteiger partial charge >= 0.3 is 0 Å². The Bertz CT molecular complexity index is 484. The van der Waals surface area contributed by atoms with Crippen molar-refractivity contribution >= 4 is 28.3 Å². The first-order valence-electron chi connectivity index (χ1n) is 7.27. The maximum absolute atomic E-state index is 3.61. The highest BCUT2D eigenvalue weighted by Crippen LogP contribution is 2.30. The van der Waals surface area contributed by atoms with E-state index in [1.54, 1.807) is 5.56 Å². The summed E-state index contributed by atoms with van der Waals surface area (Å²) >= 11 is 3.61. The molecule has 2 nitrogen and oxygen atoms in total. The second-order valence-electron chi connectivity index (χ2n) is 6.56. The molecule has 20 heavy (non-hydrogen) atoms. The van der Waals surface area contributed by atoms with Gasteiger partial charge in [-0.1, -0.05) is 22.9 Å². The summed E-state index contributed by atoms with van der Waals surface area (Å²) < 4.78 is 1.23. The lowest BCUT2D eigenvalue weighted by molar-refractivity contribution is 0.164. The first-order chi connectivity index (χ1) is 9.06. The van der Waals surface area contributed by atoms with Crippen LogP contribution in [0.1, 0.15) is 30.0 Å². The molecule has 1 fully saturated rings. The Morgan fingerprint density at radius 2 is 2.20 bits per heavy atom. The third kappa shape index (κ3) is 3.38. The van der Waals surface area contributed by atoms with Crippen LogP contribution in [0.15, 0.2) is 16.6 Å². The molecule has 1 N–H and O–H groups in total. The third-order valence-corrected chi connectivity index (χ3v) is 5.13. The summed E-state index contributed by atoms with van der Waals surface area (Å²) in [4.78, 5) is 2.65. The van der Waals surface area contributed by atoms with Crippen LogP contribution in [-0.4, -0.2) is 31.1 Å². The summed E-state index contributed by atoms with van der Waals surface area (Å²) in [6.07, 6.45) is 2.51.